The molecule has 6 heteroatoms. The van der Waals surface area contributed by atoms with Gasteiger partial charge in [-0.2, -0.15) is 0 Å². The van der Waals surface area contributed by atoms with Gasteiger partial charge in [-0.25, -0.2) is 0 Å². The highest BCUT2D eigenvalue weighted by Crippen LogP contribution is 2.12. The van der Waals surface area contributed by atoms with Gasteiger partial charge in [-0.3, -0.25) is 14.4 Å². The highest BCUT2D eigenvalue weighted by molar-refractivity contribution is 5.71. The molecule has 0 saturated carbocycles. The normalized spacial score (nSPS) is 13.4. The Bertz CT molecular complexity index is 1440. The molecular weight excluding hydrogens is 769 g/mol. The lowest BCUT2D eigenvalue weighted by Crippen LogP contribution is -2.30. The van der Waals surface area contributed by atoms with Gasteiger partial charge >= 0.3 is 17.9 Å². The SMILES string of the molecule is CC/C=C/C=C/C=C/C=C/CCCCCCCC(=O)OC(COC(=O)CCCCC/C=C/C=C/C=C/C=C/CC)COC(=O)CCCCC/C=C/C/C=C/C/C=C/C/C=C/CC. The van der Waals surface area contributed by atoms with E-state index in [1.165, 1.54) is 0 Å². The molecule has 6 nitrogen and oxygen atoms in total. The quantitative estimate of drug-likeness (QED) is 0.0201. The molecular formula is C56H84O6. The van der Waals surface area contributed by atoms with E-state index < -0.39 is 6.10 Å². The summed E-state index contributed by atoms with van der Waals surface area (Å²) in [6, 6.07) is 0. The fourth-order valence-electron chi connectivity index (χ4n) is 5.75. The summed E-state index contributed by atoms with van der Waals surface area (Å²) >= 11 is 0. The van der Waals surface area contributed by atoms with Crippen LogP contribution in [-0.4, -0.2) is 37.2 Å². The van der Waals surface area contributed by atoms with Crippen molar-refractivity contribution in [3.8, 4) is 0 Å². The summed E-state index contributed by atoms with van der Waals surface area (Å²) in [5.41, 5.74) is 0. The molecule has 1 unspecified atom stereocenters. The summed E-state index contributed by atoms with van der Waals surface area (Å²) in [7, 11) is 0. The van der Waals surface area contributed by atoms with Crippen LogP contribution in [0.5, 0.6) is 0 Å². The molecule has 0 aliphatic heterocycles. The van der Waals surface area contributed by atoms with Gasteiger partial charge in [0.05, 0.1) is 0 Å². The van der Waals surface area contributed by atoms with Gasteiger partial charge in [-0.05, 0) is 96.3 Å². The van der Waals surface area contributed by atoms with Gasteiger partial charge in [0.25, 0.3) is 0 Å². The van der Waals surface area contributed by atoms with Crippen LogP contribution in [0.25, 0.3) is 0 Å². The van der Waals surface area contributed by atoms with Gasteiger partial charge < -0.3 is 14.2 Å². The van der Waals surface area contributed by atoms with E-state index in [0.29, 0.717) is 12.8 Å². The first-order chi connectivity index (χ1) is 30.5. The van der Waals surface area contributed by atoms with Crippen molar-refractivity contribution in [2.75, 3.05) is 13.2 Å². The number of unbranched alkanes of at least 4 members (excludes halogenated alkanes) is 11. The molecule has 0 aromatic carbocycles. The Morgan fingerprint density at radius 3 is 1.11 bits per heavy atom. The molecule has 0 saturated heterocycles. The fourth-order valence-corrected chi connectivity index (χ4v) is 5.75. The van der Waals surface area contributed by atoms with Crippen LogP contribution in [0, 0.1) is 0 Å². The summed E-state index contributed by atoms with van der Waals surface area (Å²) in [5.74, 6) is -1.03. The maximum absolute atomic E-state index is 12.8. The summed E-state index contributed by atoms with van der Waals surface area (Å²) in [6.07, 6.45) is 69.7. The average Bonchev–Trinajstić information content (AvgIpc) is 3.27. The van der Waals surface area contributed by atoms with Crippen LogP contribution in [-0.2, 0) is 28.6 Å². The largest absolute Gasteiger partial charge is 0.462 e. The number of allylic oxidation sites excluding steroid dienone is 24. The van der Waals surface area contributed by atoms with E-state index in [0.717, 1.165) is 128 Å². The van der Waals surface area contributed by atoms with Gasteiger partial charge in [0, 0.05) is 19.3 Å². The van der Waals surface area contributed by atoms with Crippen LogP contribution >= 0.6 is 0 Å². The fraction of sp³-hybridized carbons (Fsp3) is 0.518. The van der Waals surface area contributed by atoms with Gasteiger partial charge in [-0.15, -0.1) is 0 Å². The Kier molecular flexibility index (Phi) is 45.2. The Labute approximate surface area is 378 Å². The molecule has 0 spiro atoms. The molecule has 0 aromatic heterocycles. The molecule has 0 aliphatic carbocycles. The molecule has 0 aliphatic rings. The van der Waals surface area contributed by atoms with E-state index in [1.54, 1.807) is 0 Å². The van der Waals surface area contributed by atoms with Crippen LogP contribution in [0.2, 0.25) is 0 Å². The molecule has 0 rings (SSSR count). The van der Waals surface area contributed by atoms with Crippen LogP contribution in [0.15, 0.2) is 146 Å². The van der Waals surface area contributed by atoms with Crippen LogP contribution in [0.3, 0.4) is 0 Å². The first kappa shape index (κ1) is 57.3. The van der Waals surface area contributed by atoms with Crippen molar-refractivity contribution in [2.24, 2.45) is 0 Å². The Morgan fingerprint density at radius 2 is 0.661 bits per heavy atom. The molecule has 344 valence electrons. The predicted molar refractivity (Wildman–Crippen MR) is 265 cm³/mol. The molecule has 0 amide bonds. The van der Waals surface area contributed by atoms with Crippen molar-refractivity contribution in [1.29, 1.82) is 0 Å². The molecule has 0 N–H and O–H groups in total. The molecule has 62 heavy (non-hydrogen) atoms. The van der Waals surface area contributed by atoms with Gasteiger partial charge in [0.2, 0.25) is 0 Å². The first-order valence-corrected chi connectivity index (χ1v) is 23.9. The molecule has 0 bridgehead atoms. The predicted octanol–water partition coefficient (Wildman–Crippen LogP) is 15.7. The smallest absolute Gasteiger partial charge is 0.306 e. The minimum Gasteiger partial charge on any atom is -0.462 e. The van der Waals surface area contributed by atoms with E-state index in [2.05, 4.69) is 106 Å². The summed E-state index contributed by atoms with van der Waals surface area (Å²) in [4.78, 5) is 37.9. The number of carbonyl (C=O) groups excluding carboxylic acids is 3. The Morgan fingerprint density at radius 1 is 0.339 bits per heavy atom. The first-order valence-electron chi connectivity index (χ1n) is 23.9. The average molecular weight is 853 g/mol. The van der Waals surface area contributed by atoms with Crippen molar-refractivity contribution < 1.29 is 28.6 Å². The van der Waals surface area contributed by atoms with Gasteiger partial charge in [-0.1, -0.05) is 199 Å². The van der Waals surface area contributed by atoms with E-state index in [4.69, 9.17) is 14.2 Å². The molecule has 0 heterocycles. The lowest BCUT2D eigenvalue weighted by Gasteiger charge is -2.18. The van der Waals surface area contributed by atoms with E-state index >= 15 is 0 Å². The second-order valence-corrected chi connectivity index (χ2v) is 15.1. The van der Waals surface area contributed by atoms with Crippen LogP contribution < -0.4 is 0 Å². The Balaban J connectivity index is 4.59. The van der Waals surface area contributed by atoms with Gasteiger partial charge in [0.15, 0.2) is 6.10 Å². The van der Waals surface area contributed by atoms with E-state index in [-0.39, 0.29) is 37.5 Å². The molecule has 0 radical (unpaired) electrons. The van der Waals surface area contributed by atoms with Crippen molar-refractivity contribution >= 4 is 17.9 Å². The van der Waals surface area contributed by atoms with Crippen LogP contribution in [0.1, 0.15) is 168 Å². The van der Waals surface area contributed by atoms with Gasteiger partial charge in [0.1, 0.15) is 13.2 Å². The topological polar surface area (TPSA) is 78.9 Å². The summed E-state index contributed by atoms with van der Waals surface area (Å²) < 4.78 is 16.7. The number of hydrogen-bond donors (Lipinski definition) is 0. The standard InChI is InChI=1S/C56H84O6/c1-4-7-10-13-16-19-22-25-27-29-31-34-37-40-43-46-49-55(58)61-52-53(51-60-54(57)48-45-42-39-36-33-30-24-21-18-15-12-9-6-3)62-56(59)50-47-44-41-38-35-32-28-26-23-20-17-14-11-8-5-2/h7-12,14-21,23-28,30-31,33-34,53H,4-6,13,22,29,32,35-52H2,1-3H3/b10-7+,11-8+,12-9+,17-14+,18-15+,19-16+,23-20+,24-21+,27-25+,28-26+,33-30+,34-31+. The van der Waals surface area contributed by atoms with Crippen molar-refractivity contribution in [3.63, 3.8) is 0 Å². The van der Waals surface area contributed by atoms with Crippen molar-refractivity contribution in [3.05, 3.63) is 146 Å². The number of esters is 3. The summed E-state index contributed by atoms with van der Waals surface area (Å²) in [5, 5.41) is 0. The highest BCUT2D eigenvalue weighted by atomic mass is 16.6. The third-order valence-electron chi connectivity index (χ3n) is 9.26. The molecule has 0 fully saturated rings. The van der Waals surface area contributed by atoms with E-state index in [1.807, 2.05) is 60.8 Å². The second-order valence-electron chi connectivity index (χ2n) is 15.1. The monoisotopic (exact) mass is 853 g/mol. The number of carbonyl (C=O) groups is 3. The summed E-state index contributed by atoms with van der Waals surface area (Å²) in [6.45, 7) is 6.12. The second kappa shape index (κ2) is 49.0. The zero-order valence-corrected chi connectivity index (χ0v) is 39.1. The lowest BCUT2D eigenvalue weighted by atomic mass is 10.1. The van der Waals surface area contributed by atoms with E-state index in [9.17, 15) is 14.4 Å². The van der Waals surface area contributed by atoms with Crippen molar-refractivity contribution in [2.45, 2.75) is 175 Å². The molecule has 1 atom stereocenters. The number of ether oxygens (including phenoxy) is 3. The maximum atomic E-state index is 12.8. The zero-order chi connectivity index (χ0) is 45.1. The highest BCUT2D eigenvalue weighted by Gasteiger charge is 2.19. The van der Waals surface area contributed by atoms with Crippen molar-refractivity contribution in [1.82, 2.24) is 0 Å². The minimum absolute atomic E-state index is 0.124. The third-order valence-corrected chi connectivity index (χ3v) is 9.26. The minimum atomic E-state index is -0.826. The number of hydrogen-bond acceptors (Lipinski definition) is 6. The number of rotatable bonds is 40. The maximum Gasteiger partial charge on any atom is 0.306 e. The molecule has 0 aromatic rings. The lowest BCUT2D eigenvalue weighted by molar-refractivity contribution is -0.167. The van der Waals surface area contributed by atoms with Crippen LogP contribution in [0.4, 0.5) is 0 Å². The Hall–Kier alpha value is -4.71. The zero-order valence-electron chi connectivity index (χ0n) is 39.1. The third kappa shape index (κ3) is 46.4.